The van der Waals surface area contributed by atoms with Crippen LogP contribution in [0.4, 0.5) is 5.82 Å². The van der Waals surface area contributed by atoms with Crippen LogP contribution in [0.15, 0.2) is 188 Å². The van der Waals surface area contributed by atoms with Crippen molar-refractivity contribution < 1.29 is 0 Å². The maximum atomic E-state index is 6.74. The largest absolute Gasteiger partial charge is 0.384 e. The number of nitrogen functional groups attached to an aromatic ring is 1. The summed E-state index contributed by atoms with van der Waals surface area (Å²) in [7, 11) is 0. The van der Waals surface area contributed by atoms with E-state index in [-0.39, 0.29) is 0 Å². The van der Waals surface area contributed by atoms with Crippen molar-refractivity contribution >= 4 is 44.6 Å². The number of aromatic nitrogens is 4. The standard InChI is InChI=1S/C52H37N5/c1-2-12-42-43-33-54-32-30-47(43)57(51(42)53)39-26-22-35(23-27-39)34-20-24-38(25-21-34)56-46-19-10-9-17-40(46)41-28-29-44-48(50(41)56)49-45(18-11-31-55-49)52(44,36-13-5-3-6-14-36)37-15-7-4-8-16-37/h2-33H,53H2,1H3/b12-2-. The van der Waals surface area contributed by atoms with Gasteiger partial charge in [-0.15, -0.1) is 0 Å². The summed E-state index contributed by atoms with van der Waals surface area (Å²) >= 11 is 0. The first-order valence-corrected chi connectivity index (χ1v) is 19.4. The quantitative estimate of drug-likeness (QED) is 0.185. The smallest absolute Gasteiger partial charge is 0.116 e. The Morgan fingerprint density at radius 1 is 0.544 bits per heavy atom. The molecule has 0 radical (unpaired) electrons. The van der Waals surface area contributed by atoms with Crippen molar-refractivity contribution in [2.75, 3.05) is 5.73 Å². The number of anilines is 1. The molecular weight excluding hydrogens is 695 g/mol. The highest BCUT2D eigenvalue weighted by molar-refractivity contribution is 6.15. The molecule has 5 heteroatoms. The Morgan fingerprint density at radius 3 is 1.86 bits per heavy atom. The first-order chi connectivity index (χ1) is 28.2. The zero-order valence-corrected chi connectivity index (χ0v) is 31.3. The van der Waals surface area contributed by atoms with E-state index in [1.54, 1.807) is 0 Å². The summed E-state index contributed by atoms with van der Waals surface area (Å²) in [5, 5.41) is 3.46. The van der Waals surface area contributed by atoms with Crippen LogP contribution < -0.4 is 5.73 Å². The van der Waals surface area contributed by atoms with Crippen molar-refractivity contribution in [3.8, 4) is 33.8 Å². The van der Waals surface area contributed by atoms with Crippen LogP contribution in [0.3, 0.4) is 0 Å². The molecule has 10 aromatic rings. The fraction of sp³-hybridized carbons (Fsp3) is 0.0385. The van der Waals surface area contributed by atoms with E-state index in [0.29, 0.717) is 5.82 Å². The number of nitrogens with zero attached hydrogens (tertiary/aromatic N) is 4. The number of rotatable bonds is 6. The predicted molar refractivity (Wildman–Crippen MR) is 235 cm³/mol. The van der Waals surface area contributed by atoms with Gasteiger partial charge in [-0.05, 0) is 82.8 Å². The van der Waals surface area contributed by atoms with Crippen LogP contribution in [0.1, 0.15) is 34.7 Å². The van der Waals surface area contributed by atoms with Gasteiger partial charge in [-0.1, -0.05) is 133 Å². The third-order valence-corrected chi connectivity index (χ3v) is 11.9. The molecule has 0 bridgehead atoms. The van der Waals surface area contributed by atoms with Crippen molar-refractivity contribution in [1.82, 2.24) is 19.1 Å². The molecule has 5 nitrogen and oxygen atoms in total. The molecule has 2 N–H and O–H groups in total. The van der Waals surface area contributed by atoms with E-state index >= 15 is 0 Å². The highest BCUT2D eigenvalue weighted by Crippen LogP contribution is 2.58. The molecule has 1 aliphatic carbocycles. The fourth-order valence-electron chi connectivity index (χ4n) is 9.50. The lowest BCUT2D eigenvalue weighted by Crippen LogP contribution is -2.28. The Kier molecular flexibility index (Phi) is 7.38. The van der Waals surface area contributed by atoms with Crippen molar-refractivity contribution in [3.05, 3.63) is 216 Å². The summed E-state index contributed by atoms with van der Waals surface area (Å²) < 4.78 is 4.55. The zero-order chi connectivity index (χ0) is 38.1. The lowest BCUT2D eigenvalue weighted by molar-refractivity contribution is 0.767. The Bertz CT molecular complexity index is 3130. The second kappa shape index (κ2) is 12.8. The van der Waals surface area contributed by atoms with Crippen molar-refractivity contribution in [1.29, 1.82) is 0 Å². The number of para-hydroxylation sites is 1. The molecule has 0 spiro atoms. The first kappa shape index (κ1) is 32.9. The van der Waals surface area contributed by atoms with Crippen LogP contribution in [0.2, 0.25) is 0 Å². The molecule has 270 valence electrons. The molecule has 1 aliphatic rings. The van der Waals surface area contributed by atoms with Crippen LogP contribution in [0.25, 0.3) is 72.5 Å². The average molecular weight is 732 g/mol. The number of fused-ring (bicyclic) bond motifs is 8. The summed E-state index contributed by atoms with van der Waals surface area (Å²) in [6, 6.07) is 59.2. The van der Waals surface area contributed by atoms with Gasteiger partial charge in [0.15, 0.2) is 0 Å². The number of hydrogen-bond acceptors (Lipinski definition) is 3. The summed E-state index contributed by atoms with van der Waals surface area (Å²) in [6.07, 6.45) is 9.70. The van der Waals surface area contributed by atoms with Crippen molar-refractivity contribution in [2.24, 2.45) is 0 Å². The Morgan fingerprint density at radius 2 is 1.18 bits per heavy atom. The lowest BCUT2D eigenvalue weighted by Gasteiger charge is -2.33. The topological polar surface area (TPSA) is 61.7 Å². The van der Waals surface area contributed by atoms with Gasteiger partial charge in [0.1, 0.15) is 5.82 Å². The number of nitrogens with two attached hydrogens (primary N) is 1. The monoisotopic (exact) mass is 731 g/mol. The molecule has 0 fully saturated rings. The second-order valence-corrected chi connectivity index (χ2v) is 14.7. The number of hydrogen-bond donors (Lipinski definition) is 1. The van der Waals surface area contributed by atoms with Crippen molar-refractivity contribution in [2.45, 2.75) is 12.3 Å². The number of allylic oxidation sites excluding steroid dienone is 1. The maximum absolute atomic E-state index is 6.74. The molecule has 0 atom stereocenters. The highest BCUT2D eigenvalue weighted by atomic mass is 15.1. The number of benzene rings is 6. The Hall–Kier alpha value is -7.50. The van der Waals surface area contributed by atoms with Gasteiger partial charge < -0.3 is 10.3 Å². The van der Waals surface area contributed by atoms with Gasteiger partial charge in [-0.3, -0.25) is 14.5 Å². The van der Waals surface area contributed by atoms with Crippen molar-refractivity contribution in [3.63, 3.8) is 0 Å². The third-order valence-electron chi connectivity index (χ3n) is 11.9. The summed E-state index contributed by atoms with van der Waals surface area (Å²) in [4.78, 5) is 9.56. The number of pyridine rings is 2. The van der Waals surface area contributed by atoms with E-state index in [1.807, 2.05) is 37.7 Å². The molecule has 0 amide bonds. The lowest BCUT2D eigenvalue weighted by atomic mass is 9.68. The van der Waals surface area contributed by atoms with Gasteiger partial charge in [-0.25, -0.2) is 0 Å². The van der Waals surface area contributed by atoms with Gasteiger partial charge in [0, 0.05) is 57.3 Å². The van der Waals surface area contributed by atoms with E-state index in [1.165, 1.54) is 44.1 Å². The molecule has 0 aliphatic heterocycles. The molecule has 4 heterocycles. The normalized spacial score (nSPS) is 13.1. The van der Waals surface area contributed by atoms with E-state index < -0.39 is 5.41 Å². The summed E-state index contributed by atoms with van der Waals surface area (Å²) in [5.41, 5.74) is 22.0. The fourth-order valence-corrected chi connectivity index (χ4v) is 9.50. The van der Waals surface area contributed by atoms with Gasteiger partial charge in [0.2, 0.25) is 0 Å². The van der Waals surface area contributed by atoms with Gasteiger partial charge >= 0.3 is 0 Å². The van der Waals surface area contributed by atoms with Crippen LogP contribution in [-0.4, -0.2) is 19.1 Å². The highest BCUT2D eigenvalue weighted by Gasteiger charge is 2.48. The average Bonchev–Trinajstić information content (AvgIpc) is 3.88. The Labute approximate surface area is 330 Å². The van der Waals surface area contributed by atoms with E-state index in [9.17, 15) is 0 Å². The predicted octanol–water partition coefficient (Wildman–Crippen LogP) is 12.2. The minimum atomic E-state index is -0.532. The maximum Gasteiger partial charge on any atom is 0.116 e. The van der Waals surface area contributed by atoms with E-state index in [2.05, 4.69) is 178 Å². The van der Waals surface area contributed by atoms with E-state index in [4.69, 9.17) is 10.7 Å². The third kappa shape index (κ3) is 4.69. The second-order valence-electron chi connectivity index (χ2n) is 14.7. The van der Waals surface area contributed by atoms with Gasteiger partial charge in [0.25, 0.3) is 0 Å². The molecule has 0 saturated carbocycles. The van der Waals surface area contributed by atoms with Crippen LogP contribution in [0, 0.1) is 0 Å². The van der Waals surface area contributed by atoms with Gasteiger partial charge in [0.05, 0.1) is 27.7 Å². The molecule has 0 unspecified atom stereocenters. The zero-order valence-electron chi connectivity index (χ0n) is 31.3. The molecule has 6 aromatic carbocycles. The molecule has 57 heavy (non-hydrogen) atoms. The minimum Gasteiger partial charge on any atom is -0.384 e. The van der Waals surface area contributed by atoms with Crippen LogP contribution >= 0.6 is 0 Å². The Balaban J connectivity index is 1.08. The SMILES string of the molecule is C/C=C\c1c(N)n(-c2ccc(-c3ccc(-n4c5ccccc5c5ccc6c(c54)-c4ncccc4C6(c4ccccc4)c4ccccc4)cc3)cc2)c2ccncc12. The molecule has 4 aromatic heterocycles. The summed E-state index contributed by atoms with van der Waals surface area (Å²) in [5.74, 6) is 0.702. The van der Waals surface area contributed by atoms with E-state index in [0.717, 1.165) is 50.2 Å². The van der Waals surface area contributed by atoms with Crippen LogP contribution in [-0.2, 0) is 5.41 Å². The first-order valence-electron chi connectivity index (χ1n) is 19.4. The minimum absolute atomic E-state index is 0.532. The molecule has 11 rings (SSSR count). The van der Waals surface area contributed by atoms with Crippen LogP contribution in [0.5, 0.6) is 0 Å². The summed E-state index contributed by atoms with van der Waals surface area (Å²) in [6.45, 7) is 2.01. The molecular formula is C52H37N5. The van der Waals surface area contributed by atoms with Gasteiger partial charge in [-0.2, -0.15) is 0 Å². The molecule has 0 saturated heterocycles.